The molecule has 3 saturated heterocycles. The smallest absolute Gasteiger partial charge is 0.419 e. The minimum atomic E-state index is -4.85. The van der Waals surface area contributed by atoms with Crippen molar-refractivity contribution in [2.45, 2.75) is 95.4 Å². The van der Waals surface area contributed by atoms with E-state index in [4.69, 9.17) is 28.6 Å². The molecule has 0 radical (unpaired) electrons. The number of piperidine rings is 2. The Labute approximate surface area is 355 Å². The second kappa shape index (κ2) is 17.3. The summed E-state index contributed by atoms with van der Waals surface area (Å²) < 4.78 is 47.7. The molecule has 4 aliphatic rings. The molecule has 1 unspecified atom stereocenters. The first-order valence-corrected chi connectivity index (χ1v) is 20.8. The Bertz CT molecular complexity index is 2260. The van der Waals surface area contributed by atoms with E-state index in [1.165, 1.54) is 6.07 Å². The number of rotatable bonds is 12. The van der Waals surface area contributed by atoms with Crippen LogP contribution in [0.5, 0.6) is 5.75 Å². The molecule has 3 N–H and O–H groups in total. The third kappa shape index (κ3) is 8.63. The maximum absolute atomic E-state index is 13.9. The van der Waals surface area contributed by atoms with Crippen molar-refractivity contribution in [2.24, 2.45) is 5.92 Å². The number of carbonyl (C=O) groups is 4. The number of amides is 4. The first-order chi connectivity index (χ1) is 28.6. The highest BCUT2D eigenvalue weighted by Crippen LogP contribution is 2.49. The van der Waals surface area contributed by atoms with Gasteiger partial charge < -0.3 is 20.3 Å². The van der Waals surface area contributed by atoms with Crippen molar-refractivity contribution in [1.82, 2.24) is 15.2 Å². The van der Waals surface area contributed by atoms with Crippen molar-refractivity contribution in [3.05, 3.63) is 70.5 Å². The van der Waals surface area contributed by atoms with E-state index in [0.29, 0.717) is 66.0 Å². The Morgan fingerprint density at radius 3 is 2.48 bits per heavy atom. The second-order valence-electron chi connectivity index (χ2n) is 15.6. The second-order valence-corrected chi connectivity index (χ2v) is 16.4. The van der Waals surface area contributed by atoms with Crippen LogP contribution < -0.4 is 30.5 Å². The van der Waals surface area contributed by atoms with Crippen LogP contribution in [0.1, 0.15) is 82.0 Å². The summed E-state index contributed by atoms with van der Waals surface area (Å²) in [6.45, 7) is 5.79. The highest BCUT2D eigenvalue weighted by atomic mass is 35.5. The summed E-state index contributed by atoms with van der Waals surface area (Å²) in [5, 5.41) is 18.0. The third-order valence-electron chi connectivity index (χ3n) is 11.9. The molecule has 4 amide bonds. The number of imide groups is 1. The van der Waals surface area contributed by atoms with Gasteiger partial charge in [-0.1, -0.05) is 18.5 Å². The van der Waals surface area contributed by atoms with E-state index >= 15 is 0 Å². The molecule has 1 saturated carbocycles. The fraction of sp³-hybridized carbons (Fsp3) is 0.452. The standard InChI is InChI=1S/C42H44ClF3N8O5S/c1-3-26-17-30(54-40(60)53(39(58)41(54)12-4-13-41)31-21-32(42(44,45)46)34(22-47)48-23-31)5-7-35(26)59-16-11-25-9-14-52(15-10-25)24(2)37(56)50-29-19-27(43)18-28(20-29)49-33-6-8-36(55)51-38(33)57/h5,7,17-21,23-25,33,49H,3-4,6,8-16H2,1-2H3,(H,50,56)(H,51,55,57)/t24-,33?/m1/s1. The largest absolute Gasteiger partial charge is 0.493 e. The number of ether oxygens (including phenoxy) is 1. The zero-order valence-electron chi connectivity index (χ0n) is 33.0. The van der Waals surface area contributed by atoms with Gasteiger partial charge in [-0.05, 0) is 138 Å². The van der Waals surface area contributed by atoms with Crippen LogP contribution in [-0.4, -0.2) is 75.9 Å². The van der Waals surface area contributed by atoms with Gasteiger partial charge in [0.1, 0.15) is 23.4 Å². The molecule has 4 heterocycles. The number of aryl methyl sites for hydroxylation is 1. The Hall–Kier alpha value is -5.31. The minimum Gasteiger partial charge on any atom is -0.493 e. The molecular weight excluding hydrogens is 821 g/mol. The summed E-state index contributed by atoms with van der Waals surface area (Å²) in [6, 6.07) is 11.8. The Balaban J connectivity index is 0.928. The predicted octanol–water partition coefficient (Wildman–Crippen LogP) is 6.97. The number of nitrogens with one attached hydrogen (secondary N) is 3. The molecule has 7 rings (SSSR count). The fourth-order valence-electron chi connectivity index (χ4n) is 8.37. The van der Waals surface area contributed by atoms with E-state index in [1.54, 1.807) is 23.1 Å². The zero-order valence-corrected chi connectivity index (χ0v) is 34.6. The van der Waals surface area contributed by atoms with Crippen LogP contribution in [0.15, 0.2) is 48.7 Å². The van der Waals surface area contributed by atoms with Gasteiger partial charge in [0.15, 0.2) is 10.8 Å². The monoisotopic (exact) mass is 864 g/mol. The van der Waals surface area contributed by atoms with E-state index in [2.05, 4.69) is 25.8 Å². The van der Waals surface area contributed by atoms with Gasteiger partial charge >= 0.3 is 6.18 Å². The normalized spacial score (nSPS) is 20.1. The number of halogens is 4. The molecule has 1 aliphatic carbocycles. The van der Waals surface area contributed by atoms with Crippen molar-refractivity contribution < 1.29 is 37.1 Å². The van der Waals surface area contributed by atoms with Crippen molar-refractivity contribution in [3.8, 4) is 11.8 Å². The number of carbonyl (C=O) groups excluding carboxylic acids is 4. The lowest BCUT2D eigenvalue weighted by molar-refractivity contribution is -0.138. The summed E-state index contributed by atoms with van der Waals surface area (Å²) in [6.07, 6.45) is 1.73. The van der Waals surface area contributed by atoms with Crippen LogP contribution in [-0.2, 0) is 31.8 Å². The topological polar surface area (TPSA) is 160 Å². The van der Waals surface area contributed by atoms with Crippen molar-refractivity contribution in [1.29, 1.82) is 5.26 Å². The molecule has 3 aromatic rings. The Kier molecular flexibility index (Phi) is 12.4. The number of nitriles is 1. The van der Waals surface area contributed by atoms with E-state index < -0.39 is 46.9 Å². The summed E-state index contributed by atoms with van der Waals surface area (Å²) >= 11 is 12.1. The van der Waals surface area contributed by atoms with Crippen molar-refractivity contribution in [3.63, 3.8) is 0 Å². The molecule has 60 heavy (non-hydrogen) atoms. The van der Waals surface area contributed by atoms with Gasteiger partial charge in [0, 0.05) is 28.5 Å². The number of nitrogens with zero attached hydrogens (tertiary/aromatic N) is 5. The average Bonchev–Trinajstić information content (AvgIpc) is 3.44. The van der Waals surface area contributed by atoms with E-state index in [-0.39, 0.29) is 29.0 Å². The number of anilines is 4. The molecule has 3 aliphatic heterocycles. The number of alkyl halides is 3. The van der Waals surface area contributed by atoms with Gasteiger partial charge in [0.05, 0.1) is 30.1 Å². The summed E-state index contributed by atoms with van der Waals surface area (Å²) in [5.41, 5.74) is -0.601. The van der Waals surface area contributed by atoms with Crippen molar-refractivity contribution >= 4 is 75.3 Å². The number of benzene rings is 2. The van der Waals surface area contributed by atoms with Gasteiger partial charge in [-0.2, -0.15) is 18.4 Å². The quantitative estimate of drug-likeness (QED) is 0.128. The SMILES string of the molecule is CCc1cc(N2C(=S)N(c3cnc(C#N)c(C(F)(F)F)c3)C(=O)C23CCC3)ccc1OCCC1CCN([C@H](C)C(=O)Nc2cc(Cl)cc(NC3CCC(=O)NC3=O)c2)CC1. The van der Waals surface area contributed by atoms with Crippen LogP contribution in [0, 0.1) is 17.2 Å². The van der Waals surface area contributed by atoms with Crippen LogP contribution >= 0.6 is 23.8 Å². The molecule has 1 aromatic heterocycles. The van der Waals surface area contributed by atoms with Crippen LogP contribution in [0.25, 0.3) is 0 Å². The summed E-state index contributed by atoms with van der Waals surface area (Å²) in [5.74, 6) is -0.228. The molecule has 316 valence electrons. The number of likely N-dealkylation sites (tertiary alicyclic amines) is 1. The van der Waals surface area contributed by atoms with Crippen LogP contribution in [0.3, 0.4) is 0 Å². The maximum atomic E-state index is 13.9. The maximum Gasteiger partial charge on any atom is 0.419 e. The molecule has 13 nitrogen and oxygen atoms in total. The van der Waals surface area contributed by atoms with E-state index in [9.17, 15) is 37.6 Å². The molecular formula is C42H44ClF3N8O5S. The first-order valence-electron chi connectivity index (χ1n) is 20.0. The lowest BCUT2D eigenvalue weighted by Gasteiger charge is -2.43. The van der Waals surface area contributed by atoms with Crippen molar-refractivity contribution in [2.75, 3.05) is 40.1 Å². The van der Waals surface area contributed by atoms with Gasteiger partial charge in [0.2, 0.25) is 17.7 Å². The number of thiocarbonyl (C=S) groups is 1. The first kappa shape index (κ1) is 42.8. The number of pyridine rings is 1. The number of hydrogen-bond donors (Lipinski definition) is 3. The third-order valence-corrected chi connectivity index (χ3v) is 12.5. The Morgan fingerprint density at radius 2 is 1.83 bits per heavy atom. The lowest BCUT2D eigenvalue weighted by Crippen LogP contribution is -2.55. The number of aromatic nitrogens is 1. The zero-order chi connectivity index (χ0) is 42.9. The summed E-state index contributed by atoms with van der Waals surface area (Å²) in [7, 11) is 0. The van der Waals surface area contributed by atoms with Gasteiger partial charge in [0.25, 0.3) is 5.91 Å². The van der Waals surface area contributed by atoms with Crippen LogP contribution in [0.2, 0.25) is 5.02 Å². The fourth-order valence-corrected chi connectivity index (χ4v) is 9.07. The Morgan fingerprint density at radius 1 is 1.10 bits per heavy atom. The number of hydrogen-bond acceptors (Lipinski definition) is 10. The van der Waals surface area contributed by atoms with Gasteiger partial charge in [-0.15, -0.1) is 0 Å². The van der Waals surface area contributed by atoms with E-state index in [1.807, 2.05) is 32.0 Å². The molecule has 0 bridgehead atoms. The predicted molar refractivity (Wildman–Crippen MR) is 223 cm³/mol. The molecule has 2 aromatic carbocycles. The molecule has 1 spiro atoms. The average molecular weight is 865 g/mol. The minimum absolute atomic E-state index is 0.0473. The van der Waals surface area contributed by atoms with Gasteiger partial charge in [-0.3, -0.25) is 34.3 Å². The lowest BCUT2D eigenvalue weighted by atomic mass is 9.75. The van der Waals surface area contributed by atoms with E-state index in [0.717, 1.165) is 61.5 Å². The highest BCUT2D eigenvalue weighted by Gasteiger charge is 2.60. The summed E-state index contributed by atoms with van der Waals surface area (Å²) in [4.78, 5) is 59.7. The molecule has 4 fully saturated rings. The highest BCUT2D eigenvalue weighted by molar-refractivity contribution is 7.81. The molecule has 18 heteroatoms. The molecule has 2 atom stereocenters. The van der Waals surface area contributed by atoms with Gasteiger partial charge in [-0.25, -0.2) is 4.98 Å². The van der Waals surface area contributed by atoms with Crippen LogP contribution in [0.4, 0.5) is 35.9 Å².